The molecule has 2 saturated heterocycles. The van der Waals surface area contributed by atoms with Gasteiger partial charge in [-0.2, -0.15) is 0 Å². The van der Waals surface area contributed by atoms with Gasteiger partial charge in [0.2, 0.25) is 0 Å². The van der Waals surface area contributed by atoms with Gasteiger partial charge in [0.1, 0.15) is 4.88 Å². The number of amides is 1. The van der Waals surface area contributed by atoms with Crippen molar-refractivity contribution in [2.75, 3.05) is 13.1 Å². The summed E-state index contributed by atoms with van der Waals surface area (Å²) in [6.45, 7) is 8.09. The molecule has 4 nitrogen and oxygen atoms in total. The fourth-order valence-corrected chi connectivity index (χ4v) is 4.35. The third-order valence-electron chi connectivity index (χ3n) is 4.41. The highest BCUT2D eigenvalue weighted by molar-refractivity contribution is 7.13. The fourth-order valence-electron chi connectivity index (χ4n) is 3.43. The first-order valence-corrected chi connectivity index (χ1v) is 8.86. The Morgan fingerprint density at radius 2 is 2.14 bits per heavy atom. The number of rotatable bonds is 3. The lowest BCUT2D eigenvalue weighted by atomic mass is 10.1. The molecular weight excluding hydrogens is 282 g/mol. The van der Waals surface area contributed by atoms with Gasteiger partial charge in [-0.25, -0.2) is 4.98 Å². The third-order valence-corrected chi connectivity index (χ3v) is 5.41. The summed E-state index contributed by atoms with van der Waals surface area (Å²) in [5, 5.41) is 4.64. The SMILES string of the molecule is Cc1nc(CC(C)C)c(C(=O)N2CCC3CCC(C2)N3)s1. The molecule has 116 valence electrons. The molecule has 2 fully saturated rings. The highest BCUT2D eigenvalue weighted by atomic mass is 32.1. The normalized spacial score (nSPS) is 25.4. The van der Waals surface area contributed by atoms with Gasteiger partial charge in [0.05, 0.1) is 10.7 Å². The van der Waals surface area contributed by atoms with Crippen LogP contribution in [-0.4, -0.2) is 41.0 Å². The number of nitrogens with zero attached hydrogens (tertiary/aromatic N) is 2. The second kappa shape index (κ2) is 6.05. The number of aryl methyl sites for hydroxylation is 1. The van der Waals surface area contributed by atoms with E-state index in [1.54, 1.807) is 11.3 Å². The zero-order valence-electron chi connectivity index (χ0n) is 13.2. The van der Waals surface area contributed by atoms with Crippen molar-refractivity contribution in [2.45, 2.75) is 58.5 Å². The summed E-state index contributed by atoms with van der Waals surface area (Å²) in [5.74, 6) is 0.727. The van der Waals surface area contributed by atoms with Gasteiger partial charge in [-0.1, -0.05) is 13.8 Å². The number of carbonyl (C=O) groups excluding carboxylic acids is 1. The first-order valence-electron chi connectivity index (χ1n) is 8.04. The van der Waals surface area contributed by atoms with Crippen molar-refractivity contribution in [3.63, 3.8) is 0 Å². The maximum atomic E-state index is 12.9. The molecule has 3 heterocycles. The highest BCUT2D eigenvalue weighted by Gasteiger charge is 2.32. The monoisotopic (exact) mass is 307 g/mol. The minimum atomic E-state index is 0.200. The van der Waals surface area contributed by atoms with E-state index in [0.29, 0.717) is 18.0 Å². The predicted molar refractivity (Wildman–Crippen MR) is 85.9 cm³/mol. The highest BCUT2D eigenvalue weighted by Crippen LogP contribution is 2.26. The van der Waals surface area contributed by atoms with Crippen LogP contribution in [0.2, 0.25) is 0 Å². The maximum Gasteiger partial charge on any atom is 0.265 e. The molecule has 1 N–H and O–H groups in total. The van der Waals surface area contributed by atoms with Gasteiger partial charge in [0.15, 0.2) is 0 Å². The summed E-state index contributed by atoms with van der Waals surface area (Å²) >= 11 is 1.56. The number of carbonyl (C=O) groups is 1. The van der Waals surface area contributed by atoms with E-state index in [0.717, 1.165) is 41.5 Å². The molecule has 2 aliphatic heterocycles. The minimum absolute atomic E-state index is 0.200. The lowest BCUT2D eigenvalue weighted by Crippen LogP contribution is -2.39. The van der Waals surface area contributed by atoms with Crippen LogP contribution in [0.4, 0.5) is 0 Å². The topological polar surface area (TPSA) is 45.2 Å². The van der Waals surface area contributed by atoms with E-state index < -0.39 is 0 Å². The molecule has 1 aromatic rings. The summed E-state index contributed by atoms with van der Waals surface area (Å²) in [6, 6.07) is 1.11. The van der Waals surface area contributed by atoms with Crippen molar-refractivity contribution in [1.29, 1.82) is 0 Å². The van der Waals surface area contributed by atoms with Gasteiger partial charge < -0.3 is 10.2 Å². The average Bonchev–Trinajstić information content (AvgIpc) is 2.91. The van der Waals surface area contributed by atoms with Gasteiger partial charge in [-0.15, -0.1) is 11.3 Å². The van der Waals surface area contributed by atoms with Crippen LogP contribution >= 0.6 is 11.3 Å². The molecular formula is C16H25N3OS. The van der Waals surface area contributed by atoms with Gasteiger partial charge in [-0.3, -0.25) is 4.79 Å². The Morgan fingerprint density at radius 3 is 2.90 bits per heavy atom. The number of fused-ring (bicyclic) bond motifs is 2. The van der Waals surface area contributed by atoms with Crippen LogP contribution in [0.5, 0.6) is 0 Å². The smallest absolute Gasteiger partial charge is 0.265 e. The summed E-state index contributed by atoms with van der Waals surface area (Å²) in [7, 11) is 0. The van der Waals surface area contributed by atoms with Crippen LogP contribution in [0.3, 0.4) is 0 Å². The summed E-state index contributed by atoms with van der Waals surface area (Å²) in [6.07, 6.45) is 4.45. The standard InChI is InChI=1S/C16H25N3OS/c1-10(2)8-14-15(21-11(3)17-14)16(20)19-7-6-12-4-5-13(9-19)18-12/h10,12-13,18H,4-9H2,1-3H3. The largest absolute Gasteiger partial charge is 0.336 e. The van der Waals surface area contributed by atoms with Crippen LogP contribution in [-0.2, 0) is 6.42 Å². The molecule has 0 radical (unpaired) electrons. The zero-order chi connectivity index (χ0) is 15.0. The Kier molecular flexibility index (Phi) is 4.31. The van der Waals surface area contributed by atoms with Crippen molar-refractivity contribution in [2.24, 2.45) is 5.92 Å². The molecule has 2 unspecified atom stereocenters. The molecule has 3 rings (SSSR count). The number of hydrogen-bond acceptors (Lipinski definition) is 4. The second-order valence-electron chi connectivity index (χ2n) is 6.78. The molecule has 1 aromatic heterocycles. The number of nitrogens with one attached hydrogen (secondary N) is 1. The van der Waals surface area contributed by atoms with Crippen molar-refractivity contribution in [3.8, 4) is 0 Å². The van der Waals surface area contributed by atoms with Gasteiger partial charge in [0, 0.05) is 25.2 Å². The fraction of sp³-hybridized carbons (Fsp3) is 0.750. The van der Waals surface area contributed by atoms with E-state index in [1.807, 2.05) is 11.8 Å². The van der Waals surface area contributed by atoms with E-state index in [-0.39, 0.29) is 5.91 Å². The van der Waals surface area contributed by atoms with E-state index in [4.69, 9.17) is 0 Å². The summed E-state index contributed by atoms with van der Waals surface area (Å²) in [5.41, 5.74) is 1.000. The molecule has 2 aliphatic rings. The van der Waals surface area contributed by atoms with Crippen LogP contribution < -0.4 is 5.32 Å². The number of thiazole rings is 1. The maximum absolute atomic E-state index is 12.9. The van der Waals surface area contributed by atoms with E-state index in [2.05, 4.69) is 24.1 Å². The number of hydrogen-bond donors (Lipinski definition) is 1. The Hall–Kier alpha value is -0.940. The minimum Gasteiger partial charge on any atom is -0.336 e. The van der Waals surface area contributed by atoms with Crippen molar-refractivity contribution in [3.05, 3.63) is 15.6 Å². The molecule has 2 bridgehead atoms. The second-order valence-corrected chi connectivity index (χ2v) is 7.99. The first-order chi connectivity index (χ1) is 10.0. The Morgan fingerprint density at radius 1 is 1.38 bits per heavy atom. The Labute approximate surface area is 130 Å². The molecule has 21 heavy (non-hydrogen) atoms. The van der Waals surface area contributed by atoms with E-state index >= 15 is 0 Å². The Balaban J connectivity index is 1.78. The zero-order valence-corrected chi connectivity index (χ0v) is 14.0. The summed E-state index contributed by atoms with van der Waals surface area (Å²) < 4.78 is 0. The lowest BCUT2D eigenvalue weighted by molar-refractivity contribution is 0.0751. The average molecular weight is 307 g/mol. The number of aromatic nitrogens is 1. The molecule has 0 aromatic carbocycles. The quantitative estimate of drug-likeness (QED) is 0.933. The van der Waals surface area contributed by atoms with Crippen molar-refractivity contribution < 1.29 is 4.79 Å². The van der Waals surface area contributed by atoms with Crippen LogP contribution in [0, 0.1) is 12.8 Å². The van der Waals surface area contributed by atoms with Gasteiger partial charge in [0.25, 0.3) is 5.91 Å². The third kappa shape index (κ3) is 3.29. The molecule has 0 saturated carbocycles. The van der Waals surface area contributed by atoms with E-state index in [1.165, 1.54) is 12.8 Å². The summed E-state index contributed by atoms with van der Waals surface area (Å²) in [4.78, 5) is 20.4. The van der Waals surface area contributed by atoms with Crippen LogP contribution in [0.1, 0.15) is 53.5 Å². The predicted octanol–water partition coefficient (Wildman–Crippen LogP) is 2.62. The molecule has 1 amide bonds. The lowest BCUT2D eigenvalue weighted by Gasteiger charge is -2.24. The molecule has 2 atom stereocenters. The van der Waals surface area contributed by atoms with Crippen molar-refractivity contribution in [1.82, 2.24) is 15.2 Å². The number of likely N-dealkylation sites (tertiary alicyclic amines) is 1. The van der Waals surface area contributed by atoms with E-state index in [9.17, 15) is 4.79 Å². The first kappa shape index (κ1) is 15.0. The Bertz CT molecular complexity index is 526. The molecule has 0 aliphatic carbocycles. The van der Waals surface area contributed by atoms with Crippen LogP contribution in [0.25, 0.3) is 0 Å². The van der Waals surface area contributed by atoms with Gasteiger partial charge >= 0.3 is 0 Å². The molecule has 0 spiro atoms. The molecule has 5 heteroatoms. The van der Waals surface area contributed by atoms with Gasteiger partial charge in [-0.05, 0) is 38.5 Å². The van der Waals surface area contributed by atoms with Crippen LogP contribution in [0.15, 0.2) is 0 Å². The van der Waals surface area contributed by atoms with Crippen molar-refractivity contribution >= 4 is 17.2 Å².